The number of likely N-dealkylation sites (tertiary alicyclic amines) is 1. The van der Waals surface area contributed by atoms with Crippen LogP contribution in [0.1, 0.15) is 25.0 Å². The summed E-state index contributed by atoms with van der Waals surface area (Å²) in [5, 5.41) is 8.23. The second-order valence-corrected chi connectivity index (χ2v) is 6.80. The first-order chi connectivity index (χ1) is 10.8. The van der Waals surface area contributed by atoms with Gasteiger partial charge in [0.15, 0.2) is 0 Å². The first kappa shape index (κ1) is 16.5. The number of aromatic nitrogens is 2. The third-order valence-electron chi connectivity index (χ3n) is 5.23. The Kier molecular flexibility index (Phi) is 5.05. The van der Waals surface area contributed by atoms with Crippen LogP contribution in [0, 0.1) is 5.41 Å². The van der Waals surface area contributed by atoms with Gasteiger partial charge in [-0.25, -0.2) is 4.68 Å². The molecule has 4 nitrogen and oxygen atoms in total. The minimum atomic E-state index is 0. The third-order valence-corrected chi connectivity index (χ3v) is 5.23. The van der Waals surface area contributed by atoms with E-state index in [1.54, 1.807) is 0 Å². The normalized spacial score (nSPS) is 20.5. The lowest BCUT2D eigenvalue weighted by Crippen LogP contribution is -2.38. The highest BCUT2D eigenvalue weighted by atomic mass is 35.5. The van der Waals surface area contributed by atoms with E-state index in [-0.39, 0.29) is 12.4 Å². The van der Waals surface area contributed by atoms with E-state index in [0.717, 1.165) is 12.2 Å². The Balaban J connectivity index is 0.00000156. The minimum absolute atomic E-state index is 0. The molecule has 1 aromatic carbocycles. The molecule has 0 atom stereocenters. The summed E-state index contributed by atoms with van der Waals surface area (Å²) in [6.07, 6.45) is 6.10. The lowest BCUT2D eigenvalue weighted by molar-refractivity contribution is 0.193. The van der Waals surface area contributed by atoms with Crippen molar-refractivity contribution in [3.8, 4) is 5.69 Å². The summed E-state index contributed by atoms with van der Waals surface area (Å²) in [5.74, 6) is 0. The van der Waals surface area contributed by atoms with Gasteiger partial charge < -0.3 is 5.32 Å². The standard InChI is InChI=1S/C18H24N4.ClH/c1-2-4-17(5-3-1)22-12-6-16(20-22)14-21-13-9-18(15-21)7-10-19-11-8-18;/h1-6,12,19H,7-11,13-15H2;1H. The minimum Gasteiger partial charge on any atom is -0.317 e. The molecule has 23 heavy (non-hydrogen) atoms. The van der Waals surface area contributed by atoms with Crippen LogP contribution in [-0.4, -0.2) is 40.9 Å². The molecule has 0 bridgehead atoms. The number of nitrogens with one attached hydrogen (secondary N) is 1. The number of benzene rings is 1. The average Bonchev–Trinajstić information content (AvgIpc) is 3.17. The maximum Gasteiger partial charge on any atom is 0.0769 e. The van der Waals surface area contributed by atoms with E-state index in [1.807, 2.05) is 10.7 Å². The number of nitrogens with zero attached hydrogens (tertiary/aromatic N) is 3. The van der Waals surface area contributed by atoms with Crippen LogP contribution in [0.2, 0.25) is 0 Å². The topological polar surface area (TPSA) is 33.1 Å². The molecule has 1 spiro atoms. The molecule has 2 saturated heterocycles. The van der Waals surface area contributed by atoms with E-state index >= 15 is 0 Å². The van der Waals surface area contributed by atoms with Crippen LogP contribution in [-0.2, 0) is 6.54 Å². The second kappa shape index (κ2) is 7.04. The molecule has 2 aromatic rings. The lowest BCUT2D eigenvalue weighted by Gasteiger charge is -2.33. The van der Waals surface area contributed by atoms with Gasteiger partial charge in [0.1, 0.15) is 0 Å². The van der Waals surface area contributed by atoms with Crippen molar-refractivity contribution in [3.63, 3.8) is 0 Å². The molecule has 4 rings (SSSR count). The molecule has 2 aliphatic rings. The van der Waals surface area contributed by atoms with Crippen LogP contribution in [0.5, 0.6) is 0 Å². The number of hydrogen-bond donors (Lipinski definition) is 1. The molecule has 124 valence electrons. The van der Waals surface area contributed by atoms with Crippen LogP contribution < -0.4 is 5.32 Å². The molecule has 2 fully saturated rings. The summed E-state index contributed by atoms with van der Waals surface area (Å²) >= 11 is 0. The molecule has 0 amide bonds. The Morgan fingerprint density at radius 2 is 1.83 bits per heavy atom. The van der Waals surface area contributed by atoms with Gasteiger partial charge in [-0.15, -0.1) is 12.4 Å². The molecule has 0 aliphatic carbocycles. The number of piperidine rings is 1. The van der Waals surface area contributed by atoms with Crippen LogP contribution in [0.4, 0.5) is 0 Å². The molecule has 3 heterocycles. The quantitative estimate of drug-likeness (QED) is 0.938. The van der Waals surface area contributed by atoms with Gasteiger partial charge in [0.05, 0.1) is 11.4 Å². The van der Waals surface area contributed by atoms with Gasteiger partial charge in [-0.05, 0) is 62.5 Å². The number of para-hydroxylation sites is 1. The SMILES string of the molecule is Cl.c1ccc(-n2ccc(CN3CCC4(CCNCC4)C3)n2)cc1. The highest BCUT2D eigenvalue weighted by molar-refractivity contribution is 5.85. The zero-order chi connectivity index (χ0) is 14.8. The monoisotopic (exact) mass is 332 g/mol. The molecular weight excluding hydrogens is 308 g/mol. The largest absolute Gasteiger partial charge is 0.317 e. The lowest BCUT2D eigenvalue weighted by atomic mass is 9.78. The molecule has 2 aliphatic heterocycles. The fraction of sp³-hybridized carbons (Fsp3) is 0.500. The predicted molar refractivity (Wildman–Crippen MR) is 95.2 cm³/mol. The first-order valence-electron chi connectivity index (χ1n) is 8.36. The van der Waals surface area contributed by atoms with E-state index in [2.05, 4.69) is 46.7 Å². The highest BCUT2D eigenvalue weighted by Gasteiger charge is 2.38. The Morgan fingerprint density at radius 1 is 1.04 bits per heavy atom. The van der Waals surface area contributed by atoms with Gasteiger partial charge in [-0.1, -0.05) is 18.2 Å². The van der Waals surface area contributed by atoms with Gasteiger partial charge in [-0.2, -0.15) is 5.10 Å². The number of rotatable bonds is 3. The fourth-order valence-corrected chi connectivity index (χ4v) is 3.93. The maximum absolute atomic E-state index is 4.74. The number of hydrogen-bond acceptors (Lipinski definition) is 3. The molecule has 0 saturated carbocycles. The van der Waals surface area contributed by atoms with Gasteiger partial charge >= 0.3 is 0 Å². The van der Waals surface area contributed by atoms with Crippen molar-refractivity contribution in [2.75, 3.05) is 26.2 Å². The van der Waals surface area contributed by atoms with Crippen molar-refractivity contribution in [1.82, 2.24) is 20.0 Å². The van der Waals surface area contributed by atoms with Crippen LogP contribution in [0.25, 0.3) is 5.69 Å². The van der Waals surface area contributed by atoms with Crippen molar-refractivity contribution in [1.29, 1.82) is 0 Å². The highest BCUT2D eigenvalue weighted by Crippen LogP contribution is 2.38. The number of halogens is 1. The molecular formula is C18H25ClN4. The van der Waals surface area contributed by atoms with Crippen molar-refractivity contribution in [3.05, 3.63) is 48.3 Å². The summed E-state index contributed by atoms with van der Waals surface area (Å²) in [5.41, 5.74) is 2.88. The second-order valence-electron chi connectivity index (χ2n) is 6.80. The zero-order valence-corrected chi connectivity index (χ0v) is 14.3. The van der Waals surface area contributed by atoms with Crippen LogP contribution in [0.3, 0.4) is 0 Å². The van der Waals surface area contributed by atoms with E-state index < -0.39 is 0 Å². The van der Waals surface area contributed by atoms with Crippen molar-refractivity contribution >= 4 is 12.4 Å². The van der Waals surface area contributed by atoms with Crippen molar-refractivity contribution in [2.45, 2.75) is 25.8 Å². The fourth-order valence-electron chi connectivity index (χ4n) is 3.93. The average molecular weight is 333 g/mol. The summed E-state index contributed by atoms with van der Waals surface area (Å²) in [6, 6.07) is 12.5. The molecule has 0 radical (unpaired) electrons. The first-order valence-corrected chi connectivity index (χ1v) is 8.36. The Hall–Kier alpha value is -1.36. The summed E-state index contributed by atoms with van der Waals surface area (Å²) in [6.45, 7) is 5.83. The van der Waals surface area contributed by atoms with Crippen molar-refractivity contribution < 1.29 is 0 Å². The molecule has 0 unspecified atom stereocenters. The smallest absolute Gasteiger partial charge is 0.0769 e. The Labute approximate surface area is 144 Å². The maximum atomic E-state index is 4.74. The summed E-state index contributed by atoms with van der Waals surface area (Å²) in [7, 11) is 0. The molecule has 1 aromatic heterocycles. The van der Waals surface area contributed by atoms with E-state index in [1.165, 1.54) is 51.1 Å². The third kappa shape index (κ3) is 3.60. The van der Waals surface area contributed by atoms with Gasteiger partial charge in [0.25, 0.3) is 0 Å². The summed E-state index contributed by atoms with van der Waals surface area (Å²) < 4.78 is 1.98. The van der Waals surface area contributed by atoms with E-state index in [0.29, 0.717) is 5.41 Å². The van der Waals surface area contributed by atoms with Gasteiger partial charge in [0.2, 0.25) is 0 Å². The van der Waals surface area contributed by atoms with Gasteiger partial charge in [-0.3, -0.25) is 4.90 Å². The molecule has 1 N–H and O–H groups in total. The Bertz CT molecular complexity index is 619. The zero-order valence-electron chi connectivity index (χ0n) is 13.4. The van der Waals surface area contributed by atoms with Crippen molar-refractivity contribution in [2.24, 2.45) is 5.41 Å². The predicted octanol–water partition coefficient (Wildman–Crippen LogP) is 2.87. The summed E-state index contributed by atoms with van der Waals surface area (Å²) in [4.78, 5) is 2.59. The van der Waals surface area contributed by atoms with Crippen LogP contribution >= 0.6 is 12.4 Å². The van der Waals surface area contributed by atoms with E-state index in [4.69, 9.17) is 5.10 Å². The van der Waals surface area contributed by atoms with Crippen LogP contribution in [0.15, 0.2) is 42.6 Å². The Morgan fingerprint density at radius 3 is 2.61 bits per heavy atom. The molecule has 5 heteroatoms. The van der Waals surface area contributed by atoms with Gasteiger partial charge in [0, 0.05) is 19.3 Å². The van der Waals surface area contributed by atoms with E-state index in [9.17, 15) is 0 Å².